The molecule has 124 valence electrons. The summed E-state index contributed by atoms with van der Waals surface area (Å²) in [7, 11) is 1.83. The number of carbonyl (C=O) groups excluding carboxylic acids is 1. The molecule has 1 atom stereocenters. The molecular formula is C16H24Cl2N2O2. The maximum atomic E-state index is 12.6. The fraction of sp³-hybridized carbons (Fsp3) is 0.562. The van der Waals surface area contributed by atoms with Crippen molar-refractivity contribution in [3.8, 4) is 5.75 Å². The number of hydrogen-bond acceptors (Lipinski definition) is 3. The van der Waals surface area contributed by atoms with Gasteiger partial charge in [-0.25, -0.2) is 0 Å². The summed E-state index contributed by atoms with van der Waals surface area (Å²) in [5.74, 6) is 0.769. The lowest BCUT2D eigenvalue weighted by molar-refractivity contribution is -0.136. The van der Waals surface area contributed by atoms with Crippen LogP contribution in [-0.2, 0) is 11.2 Å². The highest BCUT2D eigenvalue weighted by Gasteiger charge is 2.30. The van der Waals surface area contributed by atoms with Gasteiger partial charge in [0.05, 0.1) is 5.92 Å². The molecular weight excluding hydrogens is 323 g/mol. The molecule has 0 saturated heterocycles. The summed E-state index contributed by atoms with van der Waals surface area (Å²) >= 11 is 6.01. The van der Waals surface area contributed by atoms with Gasteiger partial charge in [-0.1, -0.05) is 25.4 Å². The first-order valence-corrected chi connectivity index (χ1v) is 7.56. The molecule has 22 heavy (non-hydrogen) atoms. The molecule has 0 aromatic heterocycles. The van der Waals surface area contributed by atoms with Gasteiger partial charge >= 0.3 is 0 Å². The minimum absolute atomic E-state index is 0. The zero-order valence-corrected chi connectivity index (χ0v) is 14.8. The molecule has 1 aliphatic heterocycles. The van der Waals surface area contributed by atoms with Crippen LogP contribution in [0.4, 0.5) is 0 Å². The normalized spacial score (nSPS) is 17.0. The summed E-state index contributed by atoms with van der Waals surface area (Å²) in [6.45, 7) is 5.72. The van der Waals surface area contributed by atoms with E-state index in [0.29, 0.717) is 31.1 Å². The van der Waals surface area contributed by atoms with Crippen LogP contribution in [0.5, 0.6) is 5.75 Å². The van der Waals surface area contributed by atoms with Crippen LogP contribution in [0.15, 0.2) is 18.2 Å². The van der Waals surface area contributed by atoms with Gasteiger partial charge in [0.2, 0.25) is 5.91 Å². The van der Waals surface area contributed by atoms with Crippen LogP contribution in [0.2, 0.25) is 5.02 Å². The highest BCUT2D eigenvalue weighted by atomic mass is 35.5. The second kappa shape index (κ2) is 7.53. The Hall–Kier alpha value is -0.970. The SMILES string of the molecule is CN(CC(C)(C)CN)C(=O)C1COc2ccc(Cl)cc2C1.Cl. The zero-order valence-electron chi connectivity index (χ0n) is 13.3. The van der Waals surface area contributed by atoms with Gasteiger partial charge in [0.15, 0.2) is 0 Å². The summed E-state index contributed by atoms with van der Waals surface area (Å²) in [5.41, 5.74) is 6.65. The van der Waals surface area contributed by atoms with Crippen molar-refractivity contribution in [3.05, 3.63) is 28.8 Å². The fourth-order valence-electron chi connectivity index (χ4n) is 2.62. The number of hydrogen-bond donors (Lipinski definition) is 1. The van der Waals surface area contributed by atoms with Gasteiger partial charge in [0, 0.05) is 18.6 Å². The molecule has 6 heteroatoms. The quantitative estimate of drug-likeness (QED) is 0.911. The van der Waals surface area contributed by atoms with Crippen molar-refractivity contribution in [1.29, 1.82) is 0 Å². The van der Waals surface area contributed by atoms with E-state index in [2.05, 4.69) is 13.8 Å². The Morgan fingerprint density at radius 3 is 2.82 bits per heavy atom. The molecule has 0 spiro atoms. The third-order valence-corrected chi connectivity index (χ3v) is 4.11. The number of fused-ring (bicyclic) bond motifs is 1. The van der Waals surface area contributed by atoms with Gasteiger partial charge < -0.3 is 15.4 Å². The van der Waals surface area contributed by atoms with E-state index in [-0.39, 0.29) is 29.6 Å². The summed E-state index contributed by atoms with van der Waals surface area (Å²) in [5, 5.41) is 0.670. The molecule has 1 amide bonds. The van der Waals surface area contributed by atoms with Gasteiger partial charge in [-0.05, 0) is 42.1 Å². The molecule has 1 aliphatic rings. The number of nitrogens with two attached hydrogens (primary N) is 1. The molecule has 0 bridgehead atoms. The van der Waals surface area contributed by atoms with Crippen LogP contribution in [0.25, 0.3) is 0 Å². The lowest BCUT2D eigenvalue weighted by atomic mass is 9.91. The maximum absolute atomic E-state index is 12.6. The molecule has 1 heterocycles. The Labute approximate surface area is 143 Å². The standard InChI is InChI=1S/C16H23ClN2O2.ClH/c1-16(2,9-18)10-19(3)15(20)12-6-11-7-13(17)4-5-14(11)21-8-12;/h4-5,7,12H,6,8-10,18H2,1-3H3;1H. The first-order valence-electron chi connectivity index (χ1n) is 7.19. The van der Waals surface area contributed by atoms with Crippen LogP contribution in [0.3, 0.4) is 0 Å². The molecule has 2 rings (SSSR count). The van der Waals surface area contributed by atoms with Crippen LogP contribution < -0.4 is 10.5 Å². The van der Waals surface area contributed by atoms with Crippen molar-refractivity contribution in [2.75, 3.05) is 26.7 Å². The Bertz CT molecular complexity index is 535. The average Bonchev–Trinajstić information content (AvgIpc) is 2.45. The van der Waals surface area contributed by atoms with Gasteiger partial charge in [-0.2, -0.15) is 0 Å². The second-order valence-corrected chi connectivity index (χ2v) is 6.96. The number of rotatable bonds is 4. The number of ether oxygens (including phenoxy) is 1. The molecule has 0 radical (unpaired) electrons. The molecule has 1 unspecified atom stereocenters. The molecule has 0 saturated carbocycles. The Morgan fingerprint density at radius 1 is 1.50 bits per heavy atom. The van der Waals surface area contributed by atoms with Gasteiger partial charge in [0.1, 0.15) is 12.4 Å². The lowest BCUT2D eigenvalue weighted by Gasteiger charge is -2.33. The molecule has 2 N–H and O–H groups in total. The monoisotopic (exact) mass is 346 g/mol. The second-order valence-electron chi connectivity index (χ2n) is 6.53. The number of halogens is 2. The predicted molar refractivity (Wildman–Crippen MR) is 91.9 cm³/mol. The van der Waals surface area contributed by atoms with Crippen LogP contribution in [0.1, 0.15) is 19.4 Å². The smallest absolute Gasteiger partial charge is 0.229 e. The topological polar surface area (TPSA) is 55.6 Å². The van der Waals surface area contributed by atoms with Crippen molar-refractivity contribution in [2.45, 2.75) is 20.3 Å². The molecule has 4 nitrogen and oxygen atoms in total. The van der Waals surface area contributed by atoms with Crippen LogP contribution >= 0.6 is 24.0 Å². The largest absolute Gasteiger partial charge is 0.492 e. The number of amides is 1. The minimum atomic E-state index is -0.158. The maximum Gasteiger partial charge on any atom is 0.229 e. The summed E-state index contributed by atoms with van der Waals surface area (Å²) < 4.78 is 5.69. The van der Waals surface area contributed by atoms with E-state index in [9.17, 15) is 4.79 Å². The van der Waals surface area contributed by atoms with Crippen molar-refractivity contribution in [3.63, 3.8) is 0 Å². The third-order valence-electron chi connectivity index (χ3n) is 3.87. The highest BCUT2D eigenvalue weighted by molar-refractivity contribution is 6.30. The van der Waals surface area contributed by atoms with E-state index in [4.69, 9.17) is 22.1 Å². The van der Waals surface area contributed by atoms with Crippen molar-refractivity contribution in [2.24, 2.45) is 17.1 Å². The summed E-state index contributed by atoms with van der Waals surface area (Å²) in [6.07, 6.45) is 0.669. The first-order chi connectivity index (χ1) is 9.82. The minimum Gasteiger partial charge on any atom is -0.492 e. The van der Waals surface area contributed by atoms with Crippen molar-refractivity contribution >= 4 is 29.9 Å². The molecule has 1 aromatic carbocycles. The van der Waals surface area contributed by atoms with E-state index in [0.717, 1.165) is 11.3 Å². The predicted octanol–water partition coefficient (Wildman–Crippen LogP) is 2.76. The summed E-state index contributed by atoms with van der Waals surface area (Å²) in [6, 6.07) is 5.54. The Morgan fingerprint density at radius 2 is 2.18 bits per heavy atom. The van der Waals surface area contributed by atoms with Crippen molar-refractivity contribution < 1.29 is 9.53 Å². The summed E-state index contributed by atoms with van der Waals surface area (Å²) in [4.78, 5) is 14.3. The van der Waals surface area contributed by atoms with Gasteiger partial charge in [-0.3, -0.25) is 4.79 Å². The molecule has 0 fully saturated rings. The van der Waals surface area contributed by atoms with Gasteiger partial charge in [0.25, 0.3) is 0 Å². The van der Waals surface area contributed by atoms with Crippen LogP contribution in [-0.4, -0.2) is 37.6 Å². The number of nitrogens with zero attached hydrogens (tertiary/aromatic N) is 1. The Balaban J connectivity index is 0.00000242. The first kappa shape index (κ1) is 19.1. The van der Waals surface area contributed by atoms with Crippen LogP contribution in [0, 0.1) is 11.3 Å². The Kier molecular flexibility index (Phi) is 6.53. The van der Waals surface area contributed by atoms with E-state index in [1.54, 1.807) is 11.0 Å². The van der Waals surface area contributed by atoms with E-state index >= 15 is 0 Å². The molecule has 1 aromatic rings. The number of carbonyl (C=O) groups is 1. The zero-order chi connectivity index (χ0) is 15.6. The number of benzene rings is 1. The van der Waals surface area contributed by atoms with E-state index < -0.39 is 0 Å². The van der Waals surface area contributed by atoms with Gasteiger partial charge in [-0.15, -0.1) is 12.4 Å². The van der Waals surface area contributed by atoms with E-state index in [1.807, 2.05) is 19.2 Å². The van der Waals surface area contributed by atoms with E-state index in [1.165, 1.54) is 0 Å². The highest BCUT2D eigenvalue weighted by Crippen LogP contribution is 2.30. The van der Waals surface area contributed by atoms with Crippen molar-refractivity contribution in [1.82, 2.24) is 4.90 Å². The fourth-order valence-corrected chi connectivity index (χ4v) is 2.81. The average molecular weight is 347 g/mol. The third kappa shape index (κ3) is 4.51. The lowest BCUT2D eigenvalue weighted by Crippen LogP contribution is -2.44. The molecule has 0 aliphatic carbocycles.